The number of phenolic OH excluding ortho intramolecular Hbond substituents is 1. The molecular formula is C35H32N4O6. The van der Waals surface area contributed by atoms with Crippen LogP contribution in [0.2, 0.25) is 0 Å². The van der Waals surface area contributed by atoms with Gasteiger partial charge in [0.25, 0.3) is 11.8 Å². The summed E-state index contributed by atoms with van der Waals surface area (Å²) in [5, 5.41) is 12.6. The van der Waals surface area contributed by atoms with E-state index in [4.69, 9.17) is 5.73 Å². The number of para-hydroxylation sites is 1. The van der Waals surface area contributed by atoms with E-state index in [9.17, 15) is 24.3 Å². The van der Waals surface area contributed by atoms with Crippen molar-refractivity contribution in [1.29, 1.82) is 0 Å². The number of anilines is 1. The second-order valence-corrected chi connectivity index (χ2v) is 12.5. The van der Waals surface area contributed by atoms with Gasteiger partial charge < -0.3 is 10.8 Å². The maximum absolute atomic E-state index is 15.0. The normalized spacial score (nSPS) is 28.8. The minimum Gasteiger partial charge on any atom is -0.507 e. The number of aromatic hydroxyl groups is 1. The molecule has 1 saturated carbocycles. The fraction of sp³-hybridized carbons (Fsp3) is 0.286. The molecule has 228 valence electrons. The van der Waals surface area contributed by atoms with Gasteiger partial charge in [-0.15, -0.1) is 0 Å². The number of nitrogens with zero attached hydrogens (tertiary/aromatic N) is 2. The summed E-state index contributed by atoms with van der Waals surface area (Å²) in [5.41, 5.74) is 10.9. The Balaban J connectivity index is 1.47. The summed E-state index contributed by atoms with van der Waals surface area (Å²) in [5.74, 6) is -6.57. The summed E-state index contributed by atoms with van der Waals surface area (Å²) in [4.78, 5) is 69.2. The molecule has 0 aromatic heterocycles. The average Bonchev–Trinajstić information content (AvgIpc) is 3.41. The average molecular weight is 605 g/mol. The summed E-state index contributed by atoms with van der Waals surface area (Å²) in [7, 11) is 0. The molecule has 2 saturated heterocycles. The first-order valence-corrected chi connectivity index (χ1v) is 15.0. The Labute approximate surface area is 259 Å². The van der Waals surface area contributed by atoms with Crippen molar-refractivity contribution in [2.24, 2.45) is 29.4 Å². The summed E-state index contributed by atoms with van der Waals surface area (Å²) in [6.07, 6.45) is 2.09. The number of rotatable bonds is 4. The van der Waals surface area contributed by atoms with Gasteiger partial charge in [0.15, 0.2) is 0 Å². The largest absolute Gasteiger partial charge is 0.507 e. The molecular weight excluding hydrogens is 572 g/mol. The molecule has 2 aliphatic heterocycles. The van der Waals surface area contributed by atoms with Gasteiger partial charge in [0.05, 0.1) is 28.9 Å². The van der Waals surface area contributed by atoms with E-state index in [1.807, 2.05) is 55.5 Å². The quantitative estimate of drug-likeness (QED) is 0.300. The number of urea groups is 1. The van der Waals surface area contributed by atoms with Crippen molar-refractivity contribution < 1.29 is 29.1 Å². The maximum Gasteiger partial charge on any atom is 0.328 e. The molecule has 0 unspecified atom stereocenters. The van der Waals surface area contributed by atoms with E-state index in [0.717, 1.165) is 10.6 Å². The van der Waals surface area contributed by atoms with Crippen LogP contribution in [0.4, 0.5) is 10.5 Å². The number of phenols is 1. The van der Waals surface area contributed by atoms with Gasteiger partial charge in [-0.3, -0.25) is 24.6 Å². The molecule has 6 amide bonds. The first-order valence-electron chi connectivity index (χ1n) is 15.0. The molecule has 10 nitrogen and oxygen atoms in total. The lowest BCUT2D eigenvalue weighted by Gasteiger charge is -2.50. The number of hydrazine groups is 1. The Hall–Kier alpha value is -5.25. The van der Waals surface area contributed by atoms with Crippen LogP contribution >= 0.6 is 0 Å². The third kappa shape index (κ3) is 3.91. The van der Waals surface area contributed by atoms with Crippen LogP contribution in [0.5, 0.6) is 5.75 Å². The SMILES string of the molecule is Cc1ccc(NN2C(=O)[C@@H]3C[C@@H]4C(=CC[C@@H]5C(=O)N(C(N)=O)C(=O)[C@@H]54)[C@H](c4cccc(C)c4O)[C@]3(c3ccccc3)C2=O)cc1. The van der Waals surface area contributed by atoms with E-state index < -0.39 is 64.7 Å². The molecule has 45 heavy (non-hydrogen) atoms. The second-order valence-electron chi connectivity index (χ2n) is 12.5. The fourth-order valence-corrected chi connectivity index (χ4v) is 8.22. The van der Waals surface area contributed by atoms with Crippen LogP contribution in [0.3, 0.4) is 0 Å². The number of imide groups is 4. The van der Waals surface area contributed by atoms with Crippen LogP contribution in [0.1, 0.15) is 41.0 Å². The van der Waals surface area contributed by atoms with Gasteiger partial charge in [-0.05, 0) is 55.9 Å². The van der Waals surface area contributed by atoms with Crippen LogP contribution in [0.15, 0.2) is 84.4 Å². The highest BCUT2D eigenvalue weighted by Crippen LogP contribution is 2.65. The Kier molecular flexibility index (Phi) is 6.43. The molecule has 3 aromatic rings. The Bertz CT molecular complexity index is 1820. The molecule has 0 radical (unpaired) electrons. The van der Waals surface area contributed by atoms with Crippen LogP contribution in [-0.2, 0) is 24.6 Å². The van der Waals surface area contributed by atoms with Crippen LogP contribution < -0.4 is 11.2 Å². The predicted octanol–water partition coefficient (Wildman–Crippen LogP) is 4.07. The number of primary amides is 1. The van der Waals surface area contributed by atoms with Crippen LogP contribution in [0.25, 0.3) is 0 Å². The number of carbonyl (C=O) groups excluding carboxylic acids is 5. The van der Waals surface area contributed by atoms with Crippen molar-refractivity contribution in [3.63, 3.8) is 0 Å². The number of hydrogen-bond acceptors (Lipinski definition) is 7. The molecule has 0 bridgehead atoms. The zero-order chi connectivity index (χ0) is 31.8. The third-order valence-corrected chi connectivity index (χ3v) is 10.2. The van der Waals surface area contributed by atoms with E-state index >= 15 is 4.79 Å². The fourth-order valence-electron chi connectivity index (χ4n) is 8.22. The topological polar surface area (TPSA) is 150 Å². The van der Waals surface area contributed by atoms with Crippen molar-refractivity contribution in [3.8, 4) is 5.75 Å². The van der Waals surface area contributed by atoms with Crippen LogP contribution in [-0.4, -0.2) is 44.7 Å². The number of hydrogen-bond donors (Lipinski definition) is 3. The number of likely N-dealkylation sites (tertiary alicyclic amines) is 1. The highest BCUT2D eigenvalue weighted by molar-refractivity contribution is 6.17. The number of benzene rings is 3. The van der Waals surface area contributed by atoms with Crippen molar-refractivity contribution in [1.82, 2.24) is 9.91 Å². The number of allylic oxidation sites excluding steroid dienone is 2. The summed E-state index contributed by atoms with van der Waals surface area (Å²) < 4.78 is 0. The highest BCUT2D eigenvalue weighted by Gasteiger charge is 2.70. The number of fused-ring (bicyclic) bond motifs is 4. The van der Waals surface area contributed by atoms with E-state index in [-0.39, 0.29) is 18.6 Å². The number of carbonyl (C=O) groups is 5. The smallest absolute Gasteiger partial charge is 0.328 e. The van der Waals surface area contributed by atoms with Crippen LogP contribution in [0, 0.1) is 37.5 Å². The van der Waals surface area contributed by atoms with E-state index in [1.165, 1.54) is 0 Å². The molecule has 6 atom stereocenters. The molecule has 2 heterocycles. The second kappa shape index (κ2) is 10.2. The Morgan fingerprint density at radius 2 is 1.60 bits per heavy atom. The molecule has 4 N–H and O–H groups in total. The lowest BCUT2D eigenvalue weighted by molar-refractivity contribution is -0.139. The maximum atomic E-state index is 15.0. The lowest BCUT2D eigenvalue weighted by atomic mass is 9.49. The predicted molar refractivity (Wildman–Crippen MR) is 163 cm³/mol. The number of nitrogens with two attached hydrogens (primary N) is 1. The minimum absolute atomic E-state index is 0.0157. The molecule has 3 aromatic carbocycles. The van der Waals surface area contributed by atoms with Gasteiger partial charge >= 0.3 is 6.03 Å². The number of amides is 6. The van der Waals surface area contributed by atoms with E-state index in [2.05, 4.69) is 5.43 Å². The monoisotopic (exact) mass is 604 g/mol. The first-order chi connectivity index (χ1) is 21.6. The zero-order valence-corrected chi connectivity index (χ0v) is 24.8. The molecule has 3 fully saturated rings. The zero-order valence-electron chi connectivity index (χ0n) is 24.8. The molecule has 0 spiro atoms. The minimum atomic E-state index is -1.49. The van der Waals surface area contributed by atoms with Crippen molar-refractivity contribution in [2.45, 2.75) is 38.0 Å². The van der Waals surface area contributed by atoms with Gasteiger partial charge in [-0.2, -0.15) is 9.91 Å². The van der Waals surface area contributed by atoms with Gasteiger partial charge in [-0.25, -0.2) is 4.79 Å². The molecule has 10 heteroatoms. The van der Waals surface area contributed by atoms with E-state index in [0.29, 0.717) is 32.9 Å². The Morgan fingerprint density at radius 3 is 2.29 bits per heavy atom. The number of aryl methyl sites for hydroxylation is 2. The molecule has 7 rings (SSSR count). The van der Waals surface area contributed by atoms with E-state index in [1.54, 1.807) is 37.3 Å². The Morgan fingerprint density at radius 1 is 0.889 bits per heavy atom. The number of nitrogens with one attached hydrogen (secondary N) is 1. The molecule has 4 aliphatic rings. The lowest BCUT2D eigenvalue weighted by Crippen LogP contribution is -2.53. The van der Waals surface area contributed by atoms with Gasteiger partial charge in [0.1, 0.15) is 5.75 Å². The summed E-state index contributed by atoms with van der Waals surface area (Å²) >= 11 is 0. The van der Waals surface area contributed by atoms with Crippen molar-refractivity contribution >= 4 is 35.3 Å². The molecule has 2 aliphatic carbocycles. The summed E-state index contributed by atoms with van der Waals surface area (Å²) in [6, 6.07) is 20.5. The summed E-state index contributed by atoms with van der Waals surface area (Å²) in [6.45, 7) is 3.69. The third-order valence-electron chi connectivity index (χ3n) is 10.2. The van der Waals surface area contributed by atoms with Gasteiger partial charge in [-0.1, -0.05) is 77.9 Å². The standard InChI is InChI=1S/C35H32N4O6/c1-18-11-13-21(14-12-18)37-39-31(42)26-17-25-22(15-16-23-27(25)32(43)38(30(23)41)34(36)45)28(24-10-6-7-19(2)29(24)40)35(26,33(39)44)20-8-4-3-5-9-20/h3-15,23,25-28,37,40H,16-17H2,1-2H3,(H2,36,45)/t23-,25+,26-,27-,28+,35+/m0/s1. The van der Waals surface area contributed by atoms with Crippen molar-refractivity contribution in [3.05, 3.63) is 107 Å². The van der Waals surface area contributed by atoms with Gasteiger partial charge in [0.2, 0.25) is 11.8 Å². The highest BCUT2D eigenvalue weighted by atomic mass is 16.3. The van der Waals surface area contributed by atoms with Gasteiger partial charge in [0, 0.05) is 11.5 Å². The first kappa shape index (κ1) is 28.5. The van der Waals surface area contributed by atoms with Crippen molar-refractivity contribution in [2.75, 3.05) is 5.43 Å².